The van der Waals surface area contributed by atoms with Gasteiger partial charge >= 0.3 is 0 Å². The van der Waals surface area contributed by atoms with E-state index in [-0.39, 0.29) is 23.8 Å². The van der Waals surface area contributed by atoms with Crippen molar-refractivity contribution < 1.29 is 14.9 Å². The SMILES string of the molecule is Cc1cc2[nH]c3c(c(=O)n2n1)C[C@@]1(O)[C@H]2Cc4ccc(O)c5c4[C@@]1(CCN2CC1CC1)[C@H]3O5. The molecule has 8 heteroatoms. The number of rotatable bonds is 2. The normalized spacial score (nSPS) is 33.6. The van der Waals surface area contributed by atoms with E-state index in [0.717, 1.165) is 42.0 Å². The number of phenolic OH excluding ortho intramolecular Hbond substituents is 1. The molecule has 1 spiro atoms. The second kappa shape index (κ2) is 5.62. The van der Waals surface area contributed by atoms with Gasteiger partial charge in [-0.05, 0) is 56.7 Å². The molecule has 1 saturated heterocycles. The van der Waals surface area contributed by atoms with Gasteiger partial charge in [-0.1, -0.05) is 6.07 Å². The molecule has 33 heavy (non-hydrogen) atoms. The second-order valence-corrected chi connectivity index (χ2v) is 10.8. The van der Waals surface area contributed by atoms with Crippen molar-refractivity contribution >= 4 is 5.65 Å². The third kappa shape index (κ3) is 2.02. The number of hydrogen-bond acceptors (Lipinski definition) is 6. The van der Waals surface area contributed by atoms with E-state index < -0.39 is 17.1 Å². The lowest BCUT2D eigenvalue weighted by atomic mass is 9.49. The predicted octanol–water partition coefficient (Wildman–Crippen LogP) is 1.74. The van der Waals surface area contributed by atoms with E-state index in [1.807, 2.05) is 19.1 Å². The standard InChI is InChI=1S/C25H26N4O4/c1-12-8-18-26-20-15(23(31)29(18)27-12)10-25(32)17-9-14-4-5-16(30)21-19(14)24(25,22(20)33-21)6-7-28(17)11-13-2-3-13/h4-5,8,13,17,22,26,30,32H,2-3,6-7,9-11H2,1H3/t17-,22+,24+,25-/m1/s1. The molecule has 3 aromatic rings. The van der Waals surface area contributed by atoms with Gasteiger partial charge in [0.05, 0.1) is 22.4 Å². The fraction of sp³-hybridized carbons (Fsp3) is 0.520. The highest BCUT2D eigenvalue weighted by molar-refractivity contribution is 5.64. The van der Waals surface area contributed by atoms with Crippen LogP contribution in [0.5, 0.6) is 11.5 Å². The predicted molar refractivity (Wildman–Crippen MR) is 119 cm³/mol. The van der Waals surface area contributed by atoms with Gasteiger partial charge in [-0.25, -0.2) is 0 Å². The van der Waals surface area contributed by atoms with Crippen LogP contribution in [0.15, 0.2) is 23.0 Å². The van der Waals surface area contributed by atoms with Gasteiger partial charge in [0.25, 0.3) is 5.56 Å². The smallest absolute Gasteiger partial charge is 0.278 e. The van der Waals surface area contributed by atoms with E-state index in [9.17, 15) is 15.0 Å². The maximum Gasteiger partial charge on any atom is 0.278 e. The molecule has 2 fully saturated rings. The molecule has 4 atom stereocenters. The molecule has 3 aliphatic carbocycles. The van der Waals surface area contributed by atoms with Crippen LogP contribution in [-0.4, -0.2) is 54.4 Å². The third-order valence-electron chi connectivity index (χ3n) is 9.09. The summed E-state index contributed by atoms with van der Waals surface area (Å²) in [6, 6.07) is 5.47. The molecule has 170 valence electrons. The van der Waals surface area contributed by atoms with E-state index in [0.29, 0.717) is 29.3 Å². The Kier molecular flexibility index (Phi) is 3.16. The molecule has 3 N–H and O–H groups in total. The molecule has 4 heterocycles. The average Bonchev–Trinajstić information content (AvgIpc) is 3.40. The molecule has 5 aliphatic rings. The number of hydrogen-bond donors (Lipinski definition) is 3. The molecule has 2 aliphatic heterocycles. The lowest BCUT2D eigenvalue weighted by Crippen LogP contribution is -2.75. The van der Waals surface area contributed by atoms with Gasteiger partial charge in [-0.15, -0.1) is 0 Å². The number of fused-ring (bicyclic) bond motifs is 3. The number of likely N-dealkylation sites (tertiary alicyclic amines) is 1. The zero-order chi connectivity index (χ0) is 22.3. The minimum absolute atomic E-state index is 0.0939. The van der Waals surface area contributed by atoms with Crippen molar-refractivity contribution in [3.8, 4) is 11.5 Å². The summed E-state index contributed by atoms with van der Waals surface area (Å²) < 4.78 is 7.92. The Labute approximate surface area is 189 Å². The molecule has 8 nitrogen and oxygen atoms in total. The summed E-state index contributed by atoms with van der Waals surface area (Å²) in [6.45, 7) is 3.74. The Hall–Kier alpha value is -2.84. The van der Waals surface area contributed by atoms with E-state index in [1.165, 1.54) is 17.4 Å². The largest absolute Gasteiger partial charge is 0.504 e. The number of phenols is 1. The minimum atomic E-state index is -1.16. The molecule has 1 aromatic carbocycles. The topological polar surface area (TPSA) is 103 Å². The molecular weight excluding hydrogens is 420 g/mol. The molecule has 1 saturated carbocycles. The summed E-state index contributed by atoms with van der Waals surface area (Å²) >= 11 is 0. The number of aromatic amines is 1. The van der Waals surface area contributed by atoms with Crippen molar-refractivity contribution in [2.75, 3.05) is 13.1 Å². The van der Waals surface area contributed by atoms with Gasteiger partial charge in [-0.2, -0.15) is 9.61 Å². The summed E-state index contributed by atoms with van der Waals surface area (Å²) in [7, 11) is 0. The average molecular weight is 447 g/mol. The quantitative estimate of drug-likeness (QED) is 0.554. The van der Waals surface area contributed by atoms with Crippen molar-refractivity contribution in [1.82, 2.24) is 19.5 Å². The van der Waals surface area contributed by atoms with Crippen LogP contribution in [-0.2, 0) is 18.3 Å². The second-order valence-electron chi connectivity index (χ2n) is 10.8. The highest BCUT2D eigenvalue weighted by Crippen LogP contribution is 2.68. The first kappa shape index (κ1) is 18.6. The number of aromatic nitrogens is 3. The van der Waals surface area contributed by atoms with Crippen LogP contribution in [0.4, 0.5) is 0 Å². The Bertz CT molecular complexity index is 1440. The van der Waals surface area contributed by atoms with E-state index in [1.54, 1.807) is 6.07 Å². The number of aliphatic hydroxyl groups is 1. The van der Waals surface area contributed by atoms with E-state index >= 15 is 0 Å². The van der Waals surface area contributed by atoms with Gasteiger partial charge in [0, 0.05) is 36.2 Å². The van der Waals surface area contributed by atoms with Gasteiger partial charge < -0.3 is 19.9 Å². The first-order valence-corrected chi connectivity index (χ1v) is 12.0. The van der Waals surface area contributed by atoms with E-state index in [2.05, 4.69) is 15.0 Å². The van der Waals surface area contributed by atoms with Gasteiger partial charge in [0.15, 0.2) is 17.6 Å². The van der Waals surface area contributed by atoms with Crippen molar-refractivity contribution in [3.05, 3.63) is 56.6 Å². The number of piperidine rings is 1. The summed E-state index contributed by atoms with van der Waals surface area (Å²) in [5, 5.41) is 27.8. The zero-order valence-corrected chi connectivity index (χ0v) is 18.5. The van der Waals surface area contributed by atoms with E-state index in [4.69, 9.17) is 4.74 Å². The third-order valence-corrected chi connectivity index (χ3v) is 9.09. The van der Waals surface area contributed by atoms with Crippen LogP contribution >= 0.6 is 0 Å². The maximum atomic E-state index is 13.6. The summed E-state index contributed by atoms with van der Waals surface area (Å²) in [4.78, 5) is 19.5. The van der Waals surface area contributed by atoms with Crippen molar-refractivity contribution in [2.45, 2.75) is 62.2 Å². The Balaban J connectivity index is 1.43. The van der Waals surface area contributed by atoms with Crippen LogP contribution in [0.2, 0.25) is 0 Å². The molecule has 8 rings (SSSR count). The summed E-state index contributed by atoms with van der Waals surface area (Å²) in [5.74, 6) is 1.29. The van der Waals surface area contributed by atoms with Crippen molar-refractivity contribution in [1.29, 1.82) is 0 Å². The van der Waals surface area contributed by atoms with Crippen molar-refractivity contribution in [2.24, 2.45) is 5.92 Å². The number of nitrogens with one attached hydrogen (secondary N) is 1. The highest BCUT2D eigenvalue weighted by Gasteiger charge is 2.73. The van der Waals surface area contributed by atoms with Crippen LogP contribution in [0.3, 0.4) is 0 Å². The molecule has 0 amide bonds. The monoisotopic (exact) mass is 446 g/mol. The summed E-state index contributed by atoms with van der Waals surface area (Å²) in [6.07, 6.45) is 3.64. The van der Waals surface area contributed by atoms with Crippen LogP contribution in [0.1, 0.15) is 53.4 Å². The number of aromatic hydroxyl groups is 1. The maximum absolute atomic E-state index is 13.6. The number of H-pyrrole nitrogens is 1. The lowest BCUT2D eigenvalue weighted by molar-refractivity contribution is -0.173. The first-order valence-electron chi connectivity index (χ1n) is 12.0. The number of aryl methyl sites for hydroxylation is 1. The minimum Gasteiger partial charge on any atom is -0.504 e. The molecule has 2 bridgehead atoms. The van der Waals surface area contributed by atoms with Gasteiger partial charge in [0.1, 0.15) is 5.65 Å². The van der Waals surface area contributed by atoms with Crippen molar-refractivity contribution in [3.63, 3.8) is 0 Å². The van der Waals surface area contributed by atoms with Gasteiger partial charge in [0.2, 0.25) is 0 Å². The van der Waals surface area contributed by atoms with Gasteiger partial charge in [-0.3, -0.25) is 9.69 Å². The molecular formula is C25H26N4O4. The summed E-state index contributed by atoms with van der Waals surface area (Å²) in [5.41, 5.74) is 2.69. The highest BCUT2D eigenvalue weighted by atomic mass is 16.5. The first-order chi connectivity index (χ1) is 15.9. The fourth-order valence-corrected chi connectivity index (χ4v) is 7.53. The molecule has 2 aromatic heterocycles. The zero-order valence-electron chi connectivity index (χ0n) is 18.5. The Morgan fingerprint density at radius 1 is 1.33 bits per heavy atom. The molecule has 0 radical (unpaired) electrons. The Morgan fingerprint density at radius 2 is 2.18 bits per heavy atom. The number of benzene rings is 1. The fourth-order valence-electron chi connectivity index (χ4n) is 7.53. The molecule has 0 unspecified atom stereocenters. The number of nitrogens with zero attached hydrogens (tertiary/aromatic N) is 3. The Morgan fingerprint density at radius 3 is 3.00 bits per heavy atom. The van der Waals surface area contributed by atoms with Crippen LogP contribution < -0.4 is 10.3 Å². The number of ether oxygens (including phenoxy) is 1. The lowest BCUT2D eigenvalue weighted by Gasteiger charge is -2.62. The van der Waals surface area contributed by atoms with Crippen LogP contribution in [0.25, 0.3) is 5.65 Å². The van der Waals surface area contributed by atoms with Crippen LogP contribution in [0, 0.1) is 12.8 Å².